The molecule has 0 saturated carbocycles. The molecule has 0 aliphatic rings. The van der Waals surface area contributed by atoms with E-state index >= 15 is 0 Å². The van der Waals surface area contributed by atoms with E-state index in [-0.39, 0.29) is 0 Å². The molecule has 3 rings (SSSR count). The average molecular weight is 226 g/mol. The maximum Gasteiger partial charge on any atom is 0.238 e. The van der Waals surface area contributed by atoms with Crippen molar-refractivity contribution in [2.75, 3.05) is 7.11 Å². The van der Waals surface area contributed by atoms with Crippen LogP contribution in [0.4, 0.5) is 0 Å². The Morgan fingerprint density at radius 3 is 2.71 bits per heavy atom. The van der Waals surface area contributed by atoms with Gasteiger partial charge in [0.25, 0.3) is 0 Å². The highest BCUT2D eigenvalue weighted by molar-refractivity contribution is 5.96. The first kappa shape index (κ1) is 9.77. The second kappa shape index (κ2) is 3.86. The van der Waals surface area contributed by atoms with Crippen LogP contribution in [0, 0.1) is 0 Å². The van der Waals surface area contributed by atoms with Crippen LogP contribution in [-0.2, 0) is 0 Å². The Hall–Kier alpha value is -2.43. The Morgan fingerprint density at radius 2 is 1.94 bits per heavy atom. The molecule has 0 atom stereocenters. The van der Waals surface area contributed by atoms with E-state index in [1.54, 1.807) is 31.8 Å². The fourth-order valence-electron chi connectivity index (χ4n) is 1.81. The molecule has 3 aromatic rings. The summed E-state index contributed by atoms with van der Waals surface area (Å²) in [5.74, 6) is 1.26. The number of nitrogens with one attached hydrogen (secondary N) is 1. The van der Waals surface area contributed by atoms with E-state index in [2.05, 4.69) is 19.9 Å². The van der Waals surface area contributed by atoms with Gasteiger partial charge >= 0.3 is 0 Å². The summed E-state index contributed by atoms with van der Waals surface area (Å²) >= 11 is 0. The van der Waals surface area contributed by atoms with Gasteiger partial charge in [-0.3, -0.25) is 0 Å². The van der Waals surface area contributed by atoms with Crippen LogP contribution in [0.15, 0.2) is 36.9 Å². The third-order valence-electron chi connectivity index (χ3n) is 2.57. The highest BCUT2D eigenvalue weighted by atomic mass is 16.5. The first-order valence-corrected chi connectivity index (χ1v) is 5.17. The Morgan fingerprint density at radius 1 is 1.12 bits per heavy atom. The van der Waals surface area contributed by atoms with Crippen molar-refractivity contribution in [3.05, 3.63) is 36.9 Å². The van der Waals surface area contributed by atoms with Crippen LogP contribution in [-0.4, -0.2) is 27.0 Å². The topological polar surface area (TPSA) is 63.7 Å². The number of aromatic amines is 1. The molecule has 0 aliphatic heterocycles. The zero-order chi connectivity index (χ0) is 11.7. The molecule has 3 aromatic heterocycles. The van der Waals surface area contributed by atoms with Gasteiger partial charge in [0.05, 0.1) is 7.11 Å². The van der Waals surface area contributed by atoms with Crippen molar-refractivity contribution < 1.29 is 4.74 Å². The number of nitrogens with zero attached hydrogens (tertiary/aromatic N) is 3. The monoisotopic (exact) mass is 226 g/mol. The van der Waals surface area contributed by atoms with Gasteiger partial charge in [-0.25, -0.2) is 15.0 Å². The van der Waals surface area contributed by atoms with Crippen molar-refractivity contribution in [2.45, 2.75) is 0 Å². The van der Waals surface area contributed by atoms with Gasteiger partial charge in [0, 0.05) is 35.7 Å². The fraction of sp³-hybridized carbons (Fsp3) is 0.0833. The smallest absolute Gasteiger partial charge is 0.238 e. The maximum absolute atomic E-state index is 5.19. The van der Waals surface area contributed by atoms with Gasteiger partial charge in [0.15, 0.2) is 5.82 Å². The van der Waals surface area contributed by atoms with Crippen molar-refractivity contribution in [2.24, 2.45) is 0 Å². The minimum atomic E-state index is 0.574. The Labute approximate surface area is 97.5 Å². The van der Waals surface area contributed by atoms with Crippen molar-refractivity contribution in [1.82, 2.24) is 19.9 Å². The SMILES string of the molecule is COc1nccc2c(-c3ncccn3)c[nH]c12. The van der Waals surface area contributed by atoms with E-state index in [9.17, 15) is 0 Å². The third-order valence-corrected chi connectivity index (χ3v) is 2.57. The van der Waals surface area contributed by atoms with Crippen LogP contribution in [0.5, 0.6) is 5.88 Å². The largest absolute Gasteiger partial charge is 0.479 e. The second-order valence-electron chi connectivity index (χ2n) is 3.52. The quantitative estimate of drug-likeness (QED) is 0.726. The Bertz CT molecular complexity index is 648. The normalized spacial score (nSPS) is 10.6. The predicted molar refractivity (Wildman–Crippen MR) is 63.7 cm³/mol. The fourth-order valence-corrected chi connectivity index (χ4v) is 1.81. The van der Waals surface area contributed by atoms with E-state index in [0.717, 1.165) is 16.5 Å². The van der Waals surface area contributed by atoms with Gasteiger partial charge in [0.2, 0.25) is 5.88 Å². The van der Waals surface area contributed by atoms with Crippen molar-refractivity contribution in [1.29, 1.82) is 0 Å². The van der Waals surface area contributed by atoms with E-state index in [1.165, 1.54) is 0 Å². The van der Waals surface area contributed by atoms with Gasteiger partial charge in [0.1, 0.15) is 5.52 Å². The molecular weight excluding hydrogens is 216 g/mol. The van der Waals surface area contributed by atoms with Crippen LogP contribution in [0.2, 0.25) is 0 Å². The molecule has 0 aliphatic carbocycles. The minimum Gasteiger partial charge on any atom is -0.479 e. The lowest BCUT2D eigenvalue weighted by Crippen LogP contribution is -1.88. The number of pyridine rings is 1. The minimum absolute atomic E-state index is 0.574. The van der Waals surface area contributed by atoms with Gasteiger partial charge in [-0.2, -0.15) is 0 Å². The number of methoxy groups -OCH3 is 1. The number of hydrogen-bond acceptors (Lipinski definition) is 4. The summed E-state index contributed by atoms with van der Waals surface area (Å²) in [6.07, 6.45) is 7.02. The Kier molecular flexibility index (Phi) is 2.22. The van der Waals surface area contributed by atoms with Crippen LogP contribution in [0.3, 0.4) is 0 Å². The van der Waals surface area contributed by atoms with E-state index in [4.69, 9.17) is 4.74 Å². The predicted octanol–water partition coefficient (Wildman–Crippen LogP) is 2.03. The Balaban J connectivity index is 2.26. The van der Waals surface area contributed by atoms with Crippen LogP contribution in [0.25, 0.3) is 22.3 Å². The van der Waals surface area contributed by atoms with E-state index < -0.39 is 0 Å². The van der Waals surface area contributed by atoms with Crippen LogP contribution >= 0.6 is 0 Å². The molecule has 5 heteroatoms. The summed E-state index contributed by atoms with van der Waals surface area (Å²) < 4.78 is 5.19. The number of aromatic nitrogens is 4. The van der Waals surface area contributed by atoms with Crippen molar-refractivity contribution in [3.8, 4) is 17.3 Å². The standard InChI is InChI=1S/C12H10N4O/c1-17-12-10-8(3-6-15-12)9(7-16-10)11-13-4-2-5-14-11/h2-7,16H,1H3. The molecule has 17 heavy (non-hydrogen) atoms. The molecule has 0 fully saturated rings. The molecule has 0 amide bonds. The number of H-pyrrole nitrogens is 1. The average Bonchev–Trinajstić information content (AvgIpc) is 2.83. The number of rotatable bonds is 2. The summed E-state index contributed by atoms with van der Waals surface area (Å²) in [5.41, 5.74) is 1.80. The zero-order valence-electron chi connectivity index (χ0n) is 9.21. The summed E-state index contributed by atoms with van der Waals surface area (Å²) in [6.45, 7) is 0. The van der Waals surface area contributed by atoms with E-state index in [1.807, 2.05) is 12.3 Å². The summed E-state index contributed by atoms with van der Waals surface area (Å²) in [7, 11) is 1.60. The first-order valence-electron chi connectivity index (χ1n) is 5.17. The lowest BCUT2D eigenvalue weighted by atomic mass is 10.2. The molecule has 84 valence electrons. The van der Waals surface area contributed by atoms with Gasteiger partial charge < -0.3 is 9.72 Å². The molecule has 0 unspecified atom stereocenters. The summed E-state index contributed by atoms with van der Waals surface area (Å²) in [4.78, 5) is 15.7. The van der Waals surface area contributed by atoms with Crippen molar-refractivity contribution >= 4 is 10.9 Å². The summed E-state index contributed by atoms with van der Waals surface area (Å²) in [5, 5.41) is 1.00. The molecule has 5 nitrogen and oxygen atoms in total. The molecule has 1 N–H and O–H groups in total. The van der Waals surface area contributed by atoms with Crippen LogP contribution < -0.4 is 4.74 Å². The number of fused-ring (bicyclic) bond motifs is 1. The number of hydrogen-bond donors (Lipinski definition) is 1. The maximum atomic E-state index is 5.19. The second-order valence-corrected chi connectivity index (χ2v) is 3.52. The highest BCUT2D eigenvalue weighted by Gasteiger charge is 2.11. The summed E-state index contributed by atoms with van der Waals surface area (Å²) in [6, 6.07) is 3.71. The molecule has 0 bridgehead atoms. The number of ether oxygens (including phenoxy) is 1. The first-order chi connectivity index (χ1) is 8.40. The molecule has 3 heterocycles. The van der Waals surface area contributed by atoms with Crippen molar-refractivity contribution in [3.63, 3.8) is 0 Å². The zero-order valence-corrected chi connectivity index (χ0v) is 9.21. The van der Waals surface area contributed by atoms with Gasteiger partial charge in [-0.15, -0.1) is 0 Å². The molecule has 0 spiro atoms. The van der Waals surface area contributed by atoms with Crippen LogP contribution in [0.1, 0.15) is 0 Å². The lowest BCUT2D eigenvalue weighted by molar-refractivity contribution is 0.402. The molecular formula is C12H10N4O. The van der Waals surface area contributed by atoms with Gasteiger partial charge in [-0.1, -0.05) is 0 Å². The van der Waals surface area contributed by atoms with E-state index in [0.29, 0.717) is 11.7 Å². The lowest BCUT2D eigenvalue weighted by Gasteiger charge is -2.00. The molecule has 0 radical (unpaired) electrons. The third kappa shape index (κ3) is 1.52. The highest BCUT2D eigenvalue weighted by Crippen LogP contribution is 2.29. The van der Waals surface area contributed by atoms with Gasteiger partial charge in [-0.05, 0) is 12.1 Å². The molecule has 0 saturated heterocycles. The molecule has 0 aromatic carbocycles.